The lowest BCUT2D eigenvalue weighted by atomic mass is 10.1. The zero-order valence-corrected chi connectivity index (χ0v) is 17.8. The smallest absolute Gasteiger partial charge is 0.256 e. The molecule has 1 fully saturated rings. The highest BCUT2D eigenvalue weighted by molar-refractivity contribution is 6.34. The van der Waals surface area contributed by atoms with E-state index in [1.807, 2.05) is 54.6 Å². The minimum absolute atomic E-state index is 0.0841. The molecule has 6 nitrogen and oxygen atoms in total. The maximum Gasteiger partial charge on any atom is 0.256 e. The average molecular weight is 428 g/mol. The van der Waals surface area contributed by atoms with Gasteiger partial charge >= 0.3 is 0 Å². The van der Waals surface area contributed by atoms with E-state index in [4.69, 9.17) is 4.42 Å². The van der Waals surface area contributed by atoms with Crippen LogP contribution in [0.1, 0.15) is 34.5 Å². The van der Waals surface area contributed by atoms with Gasteiger partial charge in [-0.15, -0.1) is 0 Å². The lowest BCUT2D eigenvalue weighted by Gasteiger charge is -2.14. The van der Waals surface area contributed by atoms with Crippen LogP contribution in [-0.4, -0.2) is 42.9 Å². The normalized spacial score (nSPS) is 16.9. The minimum atomic E-state index is -0.142. The Morgan fingerprint density at radius 2 is 1.91 bits per heavy atom. The number of hydrogen-bond acceptors (Lipinski definition) is 4. The molecule has 0 radical (unpaired) electrons. The highest BCUT2D eigenvalue weighted by Crippen LogP contribution is 2.33. The molecule has 162 valence electrons. The highest BCUT2D eigenvalue weighted by Gasteiger charge is 2.23. The number of carbonyl (C=O) groups excluding carboxylic acids is 2. The number of carbonyl (C=O) groups is 2. The van der Waals surface area contributed by atoms with Gasteiger partial charge in [-0.25, -0.2) is 0 Å². The van der Waals surface area contributed by atoms with Crippen LogP contribution in [0.3, 0.4) is 0 Å². The number of likely N-dealkylation sites (tertiary alicyclic amines) is 1. The van der Waals surface area contributed by atoms with E-state index in [0.717, 1.165) is 36.4 Å². The number of rotatable bonds is 6. The van der Waals surface area contributed by atoms with Crippen LogP contribution in [0.5, 0.6) is 0 Å². The molecule has 6 heteroatoms. The van der Waals surface area contributed by atoms with Crippen LogP contribution in [0.25, 0.3) is 23.0 Å². The number of hydrogen-bond donors (Lipinski definition) is 2. The fourth-order valence-electron chi connectivity index (χ4n) is 4.26. The van der Waals surface area contributed by atoms with Gasteiger partial charge < -0.3 is 20.0 Å². The van der Waals surface area contributed by atoms with E-state index in [0.29, 0.717) is 29.2 Å². The molecule has 3 aromatic rings. The molecule has 2 aliphatic heterocycles. The molecule has 2 amide bonds. The summed E-state index contributed by atoms with van der Waals surface area (Å²) in [4.78, 5) is 27.3. The maximum absolute atomic E-state index is 12.6. The first-order valence-corrected chi connectivity index (χ1v) is 11.0. The van der Waals surface area contributed by atoms with E-state index in [-0.39, 0.29) is 11.8 Å². The van der Waals surface area contributed by atoms with Crippen LogP contribution in [0, 0.1) is 0 Å². The summed E-state index contributed by atoms with van der Waals surface area (Å²) in [5, 5.41) is 5.87. The van der Waals surface area contributed by atoms with Gasteiger partial charge in [-0.05, 0) is 62.3 Å². The molecule has 3 heterocycles. The van der Waals surface area contributed by atoms with Crippen molar-refractivity contribution in [3.63, 3.8) is 0 Å². The van der Waals surface area contributed by atoms with E-state index in [2.05, 4.69) is 15.5 Å². The topological polar surface area (TPSA) is 74.6 Å². The molecule has 0 bridgehead atoms. The third-order valence-electron chi connectivity index (χ3n) is 5.94. The number of anilines is 1. The van der Waals surface area contributed by atoms with E-state index < -0.39 is 0 Å². The van der Waals surface area contributed by atoms with Gasteiger partial charge in [-0.2, -0.15) is 0 Å². The van der Waals surface area contributed by atoms with E-state index in [1.54, 1.807) is 12.1 Å². The van der Waals surface area contributed by atoms with Crippen LogP contribution in [0.2, 0.25) is 0 Å². The predicted octanol–water partition coefficient (Wildman–Crippen LogP) is 4.26. The summed E-state index contributed by atoms with van der Waals surface area (Å²) < 4.78 is 5.98. The predicted molar refractivity (Wildman–Crippen MR) is 125 cm³/mol. The molecule has 0 aliphatic carbocycles. The summed E-state index contributed by atoms with van der Waals surface area (Å²) in [5.41, 5.74) is 3.66. The number of amides is 2. The Kier molecular flexibility index (Phi) is 5.60. The summed E-state index contributed by atoms with van der Waals surface area (Å²) >= 11 is 0. The Balaban J connectivity index is 1.29. The lowest BCUT2D eigenvalue weighted by molar-refractivity contribution is -0.110. The van der Waals surface area contributed by atoms with Crippen molar-refractivity contribution in [3.05, 3.63) is 77.6 Å². The van der Waals surface area contributed by atoms with Gasteiger partial charge in [0.1, 0.15) is 11.5 Å². The molecule has 0 spiro atoms. The van der Waals surface area contributed by atoms with Crippen molar-refractivity contribution >= 4 is 29.2 Å². The van der Waals surface area contributed by atoms with Crippen LogP contribution in [-0.2, 0) is 4.79 Å². The van der Waals surface area contributed by atoms with Gasteiger partial charge in [0.15, 0.2) is 0 Å². The Hall–Kier alpha value is -3.64. The van der Waals surface area contributed by atoms with Crippen molar-refractivity contribution in [2.24, 2.45) is 0 Å². The summed E-state index contributed by atoms with van der Waals surface area (Å²) in [6, 6.07) is 18.7. The number of fused-ring (bicyclic) bond motifs is 1. The Morgan fingerprint density at radius 3 is 2.78 bits per heavy atom. The molecule has 1 aromatic heterocycles. The number of para-hydroxylation sites is 1. The number of nitrogens with zero attached hydrogens (tertiary/aromatic N) is 1. The first-order chi connectivity index (χ1) is 15.7. The molecule has 1 saturated heterocycles. The second kappa shape index (κ2) is 8.85. The van der Waals surface area contributed by atoms with Crippen molar-refractivity contribution in [2.45, 2.75) is 12.8 Å². The van der Waals surface area contributed by atoms with Crippen molar-refractivity contribution in [1.82, 2.24) is 10.2 Å². The number of furan rings is 1. The molecule has 2 N–H and O–H groups in total. The fraction of sp³-hybridized carbons (Fsp3) is 0.231. The summed E-state index contributed by atoms with van der Waals surface area (Å²) in [5.74, 6) is 1.01. The van der Waals surface area contributed by atoms with Crippen molar-refractivity contribution in [2.75, 3.05) is 31.5 Å². The second-order valence-electron chi connectivity index (χ2n) is 8.15. The van der Waals surface area contributed by atoms with Gasteiger partial charge in [0.05, 0.1) is 5.57 Å². The van der Waals surface area contributed by atoms with Gasteiger partial charge in [0.25, 0.3) is 11.8 Å². The summed E-state index contributed by atoms with van der Waals surface area (Å²) in [6.45, 7) is 3.77. The summed E-state index contributed by atoms with van der Waals surface area (Å²) in [6.07, 6.45) is 4.24. The van der Waals surface area contributed by atoms with E-state index in [1.165, 1.54) is 12.8 Å². The number of benzene rings is 2. The van der Waals surface area contributed by atoms with Crippen LogP contribution < -0.4 is 10.6 Å². The first-order valence-electron chi connectivity index (χ1n) is 11.0. The third-order valence-corrected chi connectivity index (χ3v) is 5.94. The van der Waals surface area contributed by atoms with Crippen molar-refractivity contribution in [1.29, 1.82) is 0 Å². The lowest BCUT2D eigenvalue weighted by Crippen LogP contribution is -2.33. The third kappa shape index (κ3) is 4.22. The minimum Gasteiger partial charge on any atom is -0.457 e. The Morgan fingerprint density at radius 1 is 1.06 bits per heavy atom. The molecule has 0 saturated carbocycles. The van der Waals surface area contributed by atoms with E-state index in [9.17, 15) is 9.59 Å². The Labute approximate surface area is 186 Å². The van der Waals surface area contributed by atoms with Gasteiger partial charge in [-0.3, -0.25) is 9.59 Å². The molecular weight excluding hydrogens is 402 g/mol. The maximum atomic E-state index is 12.6. The number of nitrogens with one attached hydrogen (secondary N) is 2. The van der Waals surface area contributed by atoms with Gasteiger partial charge in [0.2, 0.25) is 0 Å². The monoisotopic (exact) mass is 427 g/mol. The quantitative estimate of drug-likeness (QED) is 0.577. The molecular formula is C26H25N3O3. The zero-order valence-electron chi connectivity index (χ0n) is 17.8. The molecule has 5 rings (SSSR count). The van der Waals surface area contributed by atoms with Crippen LogP contribution in [0.4, 0.5) is 5.69 Å². The van der Waals surface area contributed by atoms with Crippen LogP contribution >= 0.6 is 0 Å². The van der Waals surface area contributed by atoms with Crippen molar-refractivity contribution < 1.29 is 14.0 Å². The Bertz CT molecular complexity index is 1190. The standard InChI is InChI=1S/C26H25N3O3/c30-25(27-12-15-29-13-3-4-14-29)19-7-5-6-18(16-19)24-11-10-20(32-24)17-22-21-8-1-2-9-23(21)28-26(22)31/h1-2,5-11,16-17H,3-4,12-15H2,(H,27,30)(H,28,31). The largest absolute Gasteiger partial charge is 0.457 e. The fourth-order valence-corrected chi connectivity index (χ4v) is 4.26. The first kappa shape index (κ1) is 20.3. The van der Waals surface area contributed by atoms with Crippen molar-refractivity contribution in [3.8, 4) is 11.3 Å². The average Bonchev–Trinajstić information content (AvgIpc) is 3.56. The second-order valence-corrected chi connectivity index (χ2v) is 8.15. The molecule has 0 unspecified atom stereocenters. The van der Waals surface area contributed by atoms with Gasteiger partial charge in [-0.1, -0.05) is 30.3 Å². The molecule has 2 aromatic carbocycles. The SMILES string of the molecule is O=C1Nc2ccccc2C1=Cc1ccc(-c2cccc(C(=O)NCCN3CCCC3)c2)o1. The molecule has 32 heavy (non-hydrogen) atoms. The van der Waals surface area contributed by atoms with Gasteiger partial charge in [0, 0.05) is 35.5 Å². The summed E-state index contributed by atoms with van der Waals surface area (Å²) in [7, 11) is 0. The molecule has 2 aliphatic rings. The van der Waals surface area contributed by atoms with E-state index >= 15 is 0 Å². The zero-order chi connectivity index (χ0) is 21.9. The van der Waals surface area contributed by atoms with Crippen LogP contribution in [0.15, 0.2) is 65.1 Å². The molecule has 0 atom stereocenters. The highest BCUT2D eigenvalue weighted by atomic mass is 16.3.